The number of aromatic nitrogens is 5. The van der Waals surface area contributed by atoms with Crippen molar-refractivity contribution in [3.63, 3.8) is 0 Å². The minimum Gasteiger partial charge on any atom is -0.415 e. The van der Waals surface area contributed by atoms with Gasteiger partial charge in [-0.15, -0.1) is 10.2 Å². The minimum absolute atomic E-state index is 0.0436. The molecule has 0 amide bonds. The van der Waals surface area contributed by atoms with Crippen molar-refractivity contribution < 1.29 is 13.2 Å². The second-order valence-corrected chi connectivity index (χ2v) is 5.84. The molecule has 0 spiro atoms. The lowest BCUT2D eigenvalue weighted by Gasteiger charge is -2.11. The quantitative estimate of drug-likeness (QED) is 0.527. The first-order valence-corrected chi connectivity index (χ1v) is 8.30. The first-order chi connectivity index (χ1) is 13.6. The largest absolute Gasteiger partial charge is 0.415 e. The van der Waals surface area contributed by atoms with E-state index >= 15 is 0 Å². The molecule has 0 saturated heterocycles. The van der Waals surface area contributed by atoms with Crippen LogP contribution in [-0.2, 0) is 6.54 Å². The summed E-state index contributed by atoms with van der Waals surface area (Å²) in [6.07, 6.45) is 0.0672. The normalized spacial score (nSPS) is 11.1. The number of pyridine rings is 1. The molecule has 7 nitrogen and oxygen atoms in total. The zero-order chi connectivity index (χ0) is 19.5. The van der Waals surface area contributed by atoms with Crippen LogP contribution in [0.4, 0.5) is 8.78 Å². The lowest BCUT2D eigenvalue weighted by atomic mass is 10.2. The number of hydrogen-bond donors (Lipinski definition) is 0. The number of rotatable bonds is 5. The van der Waals surface area contributed by atoms with Crippen LogP contribution in [0.2, 0.25) is 0 Å². The Kier molecular flexibility index (Phi) is 4.71. The molecule has 0 aliphatic rings. The fourth-order valence-corrected chi connectivity index (χ4v) is 2.65. The summed E-state index contributed by atoms with van der Waals surface area (Å²) in [4.78, 5) is 21.0. The van der Waals surface area contributed by atoms with E-state index in [4.69, 9.17) is 4.42 Å². The van der Waals surface area contributed by atoms with E-state index in [0.717, 1.165) is 5.56 Å². The SMILES string of the molecule is O=c1ccnc(-c2ccccc2)n1Cc1ccc(-c2nnc(C(F)F)o2)cn1. The van der Waals surface area contributed by atoms with Crippen molar-refractivity contribution in [3.8, 4) is 22.8 Å². The van der Waals surface area contributed by atoms with E-state index in [-0.39, 0.29) is 18.0 Å². The third kappa shape index (κ3) is 3.54. The van der Waals surface area contributed by atoms with E-state index in [1.807, 2.05) is 30.3 Å². The molecule has 0 fully saturated rings. The topological polar surface area (TPSA) is 86.7 Å². The van der Waals surface area contributed by atoms with Crippen LogP contribution in [0.25, 0.3) is 22.8 Å². The Bertz CT molecular complexity index is 1140. The molecule has 0 saturated carbocycles. The number of halogens is 2. The zero-order valence-electron chi connectivity index (χ0n) is 14.4. The Labute approximate surface area is 157 Å². The van der Waals surface area contributed by atoms with Crippen molar-refractivity contribution in [3.05, 3.63) is 82.9 Å². The summed E-state index contributed by atoms with van der Waals surface area (Å²) >= 11 is 0. The molecule has 0 radical (unpaired) electrons. The molecule has 0 aliphatic heterocycles. The van der Waals surface area contributed by atoms with Gasteiger partial charge in [0.1, 0.15) is 5.82 Å². The van der Waals surface area contributed by atoms with Crippen molar-refractivity contribution in [1.29, 1.82) is 0 Å². The van der Waals surface area contributed by atoms with Gasteiger partial charge in [-0.1, -0.05) is 30.3 Å². The summed E-state index contributed by atoms with van der Waals surface area (Å²) in [6, 6.07) is 14.0. The lowest BCUT2D eigenvalue weighted by molar-refractivity contribution is 0.116. The van der Waals surface area contributed by atoms with E-state index in [0.29, 0.717) is 17.1 Å². The molecule has 3 heterocycles. The Morgan fingerprint density at radius 3 is 2.46 bits per heavy atom. The maximum absolute atomic E-state index is 12.6. The molecule has 0 atom stereocenters. The molecule has 1 aromatic carbocycles. The lowest BCUT2D eigenvalue weighted by Crippen LogP contribution is -2.22. The number of hydrogen-bond acceptors (Lipinski definition) is 6. The molecular weight excluding hydrogens is 368 g/mol. The monoisotopic (exact) mass is 381 g/mol. The summed E-state index contributed by atoms with van der Waals surface area (Å²) in [5, 5.41) is 6.88. The van der Waals surface area contributed by atoms with Crippen molar-refractivity contribution >= 4 is 0 Å². The Morgan fingerprint density at radius 2 is 1.79 bits per heavy atom. The standard InChI is InChI=1S/C19H13F2N5O2/c20-16(21)19-25-24-18(28-19)13-6-7-14(23-10-13)11-26-15(27)8-9-22-17(26)12-4-2-1-3-5-12/h1-10,16H,11H2. The molecule has 0 N–H and O–H groups in total. The van der Waals surface area contributed by atoms with Crippen LogP contribution in [-0.4, -0.2) is 24.7 Å². The van der Waals surface area contributed by atoms with Gasteiger partial charge in [0.2, 0.25) is 5.89 Å². The van der Waals surface area contributed by atoms with Gasteiger partial charge in [0, 0.05) is 24.0 Å². The molecule has 28 heavy (non-hydrogen) atoms. The Balaban J connectivity index is 1.63. The minimum atomic E-state index is -2.83. The Morgan fingerprint density at radius 1 is 0.964 bits per heavy atom. The van der Waals surface area contributed by atoms with E-state index < -0.39 is 12.3 Å². The highest BCUT2D eigenvalue weighted by Crippen LogP contribution is 2.23. The van der Waals surface area contributed by atoms with Gasteiger partial charge in [0.05, 0.1) is 17.8 Å². The fourth-order valence-electron chi connectivity index (χ4n) is 2.65. The molecule has 0 unspecified atom stereocenters. The van der Waals surface area contributed by atoms with E-state index in [2.05, 4.69) is 20.2 Å². The van der Waals surface area contributed by atoms with Gasteiger partial charge in [-0.2, -0.15) is 8.78 Å². The molecular formula is C19H13F2N5O2. The number of alkyl halides is 2. The Hall–Kier alpha value is -3.75. The fraction of sp³-hybridized carbons (Fsp3) is 0.105. The molecule has 0 bridgehead atoms. The summed E-state index contributed by atoms with van der Waals surface area (Å²) in [5.41, 5.74) is 1.59. The molecule has 9 heteroatoms. The third-order valence-corrected chi connectivity index (χ3v) is 3.99. The van der Waals surface area contributed by atoms with E-state index in [1.54, 1.807) is 12.1 Å². The van der Waals surface area contributed by atoms with Crippen molar-refractivity contribution in [2.24, 2.45) is 0 Å². The first kappa shape index (κ1) is 17.7. The van der Waals surface area contributed by atoms with Crippen molar-refractivity contribution in [2.45, 2.75) is 13.0 Å². The maximum Gasteiger partial charge on any atom is 0.314 e. The number of benzene rings is 1. The van der Waals surface area contributed by atoms with E-state index in [1.165, 1.54) is 23.0 Å². The van der Waals surface area contributed by atoms with Crippen LogP contribution in [0.1, 0.15) is 18.0 Å². The van der Waals surface area contributed by atoms with Crippen molar-refractivity contribution in [2.75, 3.05) is 0 Å². The maximum atomic E-state index is 12.6. The van der Waals surface area contributed by atoms with Crippen LogP contribution < -0.4 is 5.56 Å². The van der Waals surface area contributed by atoms with Gasteiger partial charge in [0.25, 0.3) is 11.4 Å². The molecule has 140 valence electrons. The molecule has 4 aromatic rings. The summed E-state index contributed by atoms with van der Waals surface area (Å²) < 4.78 is 31.6. The highest BCUT2D eigenvalue weighted by atomic mass is 19.3. The van der Waals surface area contributed by atoms with Crippen LogP contribution in [0.15, 0.2) is 70.1 Å². The summed E-state index contributed by atoms with van der Waals surface area (Å²) in [5.74, 6) is -0.260. The van der Waals surface area contributed by atoms with Gasteiger partial charge in [-0.05, 0) is 12.1 Å². The smallest absolute Gasteiger partial charge is 0.314 e. The van der Waals surface area contributed by atoms with Gasteiger partial charge >= 0.3 is 6.43 Å². The second-order valence-electron chi connectivity index (χ2n) is 5.84. The van der Waals surface area contributed by atoms with E-state index in [9.17, 15) is 13.6 Å². The van der Waals surface area contributed by atoms with Gasteiger partial charge in [-0.25, -0.2) is 4.98 Å². The molecule has 0 aliphatic carbocycles. The van der Waals surface area contributed by atoms with Gasteiger partial charge < -0.3 is 4.42 Å². The summed E-state index contributed by atoms with van der Waals surface area (Å²) in [6.45, 7) is 0.198. The second kappa shape index (κ2) is 7.47. The molecule has 3 aromatic heterocycles. The van der Waals surface area contributed by atoms with Crippen LogP contribution in [0.5, 0.6) is 0 Å². The predicted molar refractivity (Wildman–Crippen MR) is 95.5 cm³/mol. The van der Waals surface area contributed by atoms with Gasteiger partial charge in [-0.3, -0.25) is 14.3 Å². The predicted octanol–water partition coefficient (Wildman–Crippen LogP) is 3.34. The van der Waals surface area contributed by atoms with Crippen molar-refractivity contribution in [1.82, 2.24) is 24.7 Å². The highest BCUT2D eigenvalue weighted by Gasteiger charge is 2.17. The third-order valence-electron chi connectivity index (χ3n) is 3.99. The van der Waals surface area contributed by atoms with Crippen LogP contribution in [0.3, 0.4) is 0 Å². The summed E-state index contributed by atoms with van der Waals surface area (Å²) in [7, 11) is 0. The average Bonchev–Trinajstić information content (AvgIpc) is 3.21. The zero-order valence-corrected chi connectivity index (χ0v) is 14.4. The van der Waals surface area contributed by atoms with Crippen LogP contribution in [0, 0.1) is 0 Å². The van der Waals surface area contributed by atoms with Crippen LogP contribution >= 0.6 is 0 Å². The van der Waals surface area contributed by atoms with Gasteiger partial charge in [0.15, 0.2) is 0 Å². The highest BCUT2D eigenvalue weighted by molar-refractivity contribution is 5.55. The number of nitrogens with zero attached hydrogens (tertiary/aromatic N) is 5. The first-order valence-electron chi connectivity index (χ1n) is 8.30. The average molecular weight is 381 g/mol. The molecule has 4 rings (SSSR count).